The van der Waals surface area contributed by atoms with Crippen LogP contribution in [0, 0.1) is 19.7 Å². The molecule has 0 bridgehead atoms. The summed E-state index contributed by atoms with van der Waals surface area (Å²) < 4.78 is 39.0. The second-order valence-electron chi connectivity index (χ2n) is 7.74. The Kier molecular flexibility index (Phi) is 4.75. The van der Waals surface area contributed by atoms with Crippen LogP contribution in [0.1, 0.15) is 16.7 Å². The first kappa shape index (κ1) is 19.1. The fourth-order valence-electron chi connectivity index (χ4n) is 4.19. The smallest absolute Gasteiger partial charge is 0.241 e. The quantitative estimate of drug-likeness (QED) is 0.791. The van der Waals surface area contributed by atoms with Gasteiger partial charge in [-0.05, 0) is 43.2 Å². The minimum absolute atomic E-state index is 0.0132. The van der Waals surface area contributed by atoms with E-state index in [1.165, 1.54) is 6.07 Å². The Balaban J connectivity index is 1.69. The molecule has 2 aromatic carbocycles. The summed E-state index contributed by atoms with van der Waals surface area (Å²) in [5, 5.41) is 0. The van der Waals surface area contributed by atoms with Crippen molar-refractivity contribution in [2.45, 2.75) is 32.5 Å². The number of rotatable bonds is 3. The molecule has 1 amide bonds. The number of sulfone groups is 1. The third-order valence-corrected chi connectivity index (χ3v) is 7.50. The van der Waals surface area contributed by atoms with E-state index < -0.39 is 15.9 Å². The molecule has 0 N–H and O–H groups in total. The summed E-state index contributed by atoms with van der Waals surface area (Å²) >= 11 is 0. The molecule has 2 heterocycles. The molecule has 2 aromatic rings. The molecule has 2 saturated heterocycles. The molecule has 0 aromatic heterocycles. The molecule has 0 saturated carbocycles. The highest BCUT2D eigenvalue weighted by molar-refractivity contribution is 7.91. The fourth-order valence-corrected chi connectivity index (χ4v) is 6.17. The summed E-state index contributed by atoms with van der Waals surface area (Å²) in [4.78, 5) is 16.5. The Morgan fingerprint density at radius 3 is 2.46 bits per heavy atom. The van der Waals surface area contributed by atoms with Crippen LogP contribution in [0.3, 0.4) is 0 Å². The van der Waals surface area contributed by atoms with Gasteiger partial charge < -0.3 is 4.90 Å². The molecule has 148 valence electrons. The van der Waals surface area contributed by atoms with Gasteiger partial charge in [-0.15, -0.1) is 0 Å². The van der Waals surface area contributed by atoms with Gasteiger partial charge in [0.25, 0.3) is 0 Å². The van der Waals surface area contributed by atoms with E-state index in [1.54, 1.807) is 23.1 Å². The second kappa shape index (κ2) is 6.97. The Labute approximate surface area is 164 Å². The molecular formula is C21H23FN2O3S. The lowest BCUT2D eigenvalue weighted by Crippen LogP contribution is -2.61. The number of halogens is 1. The molecule has 4 rings (SSSR count). The SMILES string of the molecule is Cc1ccc(N2C(=O)CN(Cc3ccccc3F)[C@H]3CS(=O)(=O)C[C@H]32)cc1C. The molecule has 0 spiro atoms. The Bertz CT molecular complexity index is 1040. The number of hydrogen-bond donors (Lipinski definition) is 0. The first-order chi connectivity index (χ1) is 13.2. The van der Waals surface area contributed by atoms with Gasteiger partial charge in [-0.25, -0.2) is 12.8 Å². The van der Waals surface area contributed by atoms with Gasteiger partial charge in [0, 0.05) is 23.8 Å². The zero-order chi connectivity index (χ0) is 20.1. The number of nitrogens with zero attached hydrogens (tertiary/aromatic N) is 2. The highest BCUT2D eigenvalue weighted by atomic mass is 32.2. The van der Waals surface area contributed by atoms with Gasteiger partial charge in [0.05, 0.1) is 24.1 Å². The van der Waals surface area contributed by atoms with Crippen LogP contribution in [-0.2, 0) is 21.2 Å². The van der Waals surface area contributed by atoms with Crippen molar-refractivity contribution in [1.29, 1.82) is 0 Å². The van der Waals surface area contributed by atoms with Crippen LogP contribution in [0.15, 0.2) is 42.5 Å². The maximum atomic E-state index is 14.1. The lowest BCUT2D eigenvalue weighted by atomic mass is 10.0. The number of hydrogen-bond acceptors (Lipinski definition) is 4. The predicted molar refractivity (Wildman–Crippen MR) is 106 cm³/mol. The molecule has 2 atom stereocenters. The Hall–Kier alpha value is -2.25. The monoisotopic (exact) mass is 402 g/mol. The molecule has 2 aliphatic heterocycles. The lowest BCUT2D eigenvalue weighted by Gasteiger charge is -2.43. The molecule has 28 heavy (non-hydrogen) atoms. The van der Waals surface area contributed by atoms with Gasteiger partial charge in [0.15, 0.2) is 9.84 Å². The van der Waals surface area contributed by atoms with Crippen LogP contribution < -0.4 is 4.90 Å². The molecule has 0 aliphatic carbocycles. The highest BCUT2D eigenvalue weighted by Gasteiger charge is 2.49. The first-order valence-corrected chi connectivity index (χ1v) is 11.1. The molecular weight excluding hydrogens is 379 g/mol. The Morgan fingerprint density at radius 1 is 1.04 bits per heavy atom. The van der Waals surface area contributed by atoms with Gasteiger partial charge in [0.1, 0.15) is 5.82 Å². The number of piperazine rings is 1. The predicted octanol–water partition coefficient (Wildman–Crippen LogP) is 2.46. The maximum absolute atomic E-state index is 14.1. The number of aryl methyl sites for hydroxylation is 2. The summed E-state index contributed by atoms with van der Waals surface area (Å²) in [6, 6.07) is 11.4. The van der Waals surface area contributed by atoms with E-state index in [4.69, 9.17) is 0 Å². The number of anilines is 1. The van der Waals surface area contributed by atoms with E-state index in [0.29, 0.717) is 5.56 Å². The van der Waals surface area contributed by atoms with E-state index in [1.807, 2.05) is 36.9 Å². The average molecular weight is 402 g/mol. The first-order valence-electron chi connectivity index (χ1n) is 9.32. The molecule has 7 heteroatoms. The van der Waals surface area contributed by atoms with E-state index >= 15 is 0 Å². The molecule has 2 fully saturated rings. The van der Waals surface area contributed by atoms with Crippen molar-refractivity contribution in [2.75, 3.05) is 23.0 Å². The van der Waals surface area contributed by atoms with Crippen LogP contribution in [0.25, 0.3) is 0 Å². The van der Waals surface area contributed by atoms with Crippen molar-refractivity contribution in [3.05, 3.63) is 65.0 Å². The van der Waals surface area contributed by atoms with Crippen molar-refractivity contribution in [3.8, 4) is 0 Å². The molecule has 0 unspecified atom stereocenters. The van der Waals surface area contributed by atoms with Gasteiger partial charge in [-0.2, -0.15) is 0 Å². The summed E-state index contributed by atoms with van der Waals surface area (Å²) in [5.74, 6) is -0.577. The largest absolute Gasteiger partial charge is 0.306 e. The van der Waals surface area contributed by atoms with Crippen LogP contribution in [0.4, 0.5) is 10.1 Å². The second-order valence-corrected chi connectivity index (χ2v) is 9.89. The van der Waals surface area contributed by atoms with Crippen molar-refractivity contribution in [3.63, 3.8) is 0 Å². The van der Waals surface area contributed by atoms with Crippen molar-refractivity contribution >= 4 is 21.4 Å². The maximum Gasteiger partial charge on any atom is 0.241 e. The van der Waals surface area contributed by atoms with Crippen LogP contribution >= 0.6 is 0 Å². The molecule has 5 nitrogen and oxygen atoms in total. The van der Waals surface area contributed by atoms with Gasteiger partial charge >= 0.3 is 0 Å². The normalized spacial score (nSPS) is 24.4. The summed E-state index contributed by atoms with van der Waals surface area (Å²) in [6.07, 6.45) is 0. The number of carbonyl (C=O) groups excluding carboxylic acids is 1. The van der Waals surface area contributed by atoms with Crippen LogP contribution in [0.5, 0.6) is 0 Å². The van der Waals surface area contributed by atoms with E-state index in [2.05, 4.69) is 0 Å². The number of benzene rings is 2. The van der Waals surface area contributed by atoms with Crippen LogP contribution in [0.2, 0.25) is 0 Å². The molecule has 0 radical (unpaired) electrons. The standard InChI is InChI=1S/C21H23FN2O3S/c1-14-7-8-17(9-15(14)2)24-20-13-28(26,27)12-19(20)23(11-21(24)25)10-16-5-3-4-6-18(16)22/h3-9,19-20H,10-13H2,1-2H3/t19-,20+/m0/s1. The number of amides is 1. The number of carbonyl (C=O) groups is 1. The third-order valence-electron chi connectivity index (χ3n) is 5.80. The number of fused-ring (bicyclic) bond motifs is 1. The summed E-state index contributed by atoms with van der Waals surface area (Å²) in [6.45, 7) is 4.25. The van der Waals surface area contributed by atoms with Gasteiger partial charge in [-0.3, -0.25) is 9.69 Å². The zero-order valence-electron chi connectivity index (χ0n) is 15.9. The highest BCUT2D eigenvalue weighted by Crippen LogP contribution is 2.33. The summed E-state index contributed by atoms with van der Waals surface area (Å²) in [5.41, 5.74) is 3.37. The van der Waals surface area contributed by atoms with E-state index in [-0.39, 0.29) is 42.4 Å². The minimum Gasteiger partial charge on any atom is -0.306 e. The van der Waals surface area contributed by atoms with Crippen molar-refractivity contribution < 1.29 is 17.6 Å². The topological polar surface area (TPSA) is 57.7 Å². The average Bonchev–Trinajstić information content (AvgIpc) is 2.95. The lowest BCUT2D eigenvalue weighted by molar-refractivity contribution is -0.123. The third kappa shape index (κ3) is 3.44. The zero-order valence-corrected chi connectivity index (χ0v) is 16.7. The van der Waals surface area contributed by atoms with Gasteiger partial charge in [-0.1, -0.05) is 24.3 Å². The molecule has 2 aliphatic rings. The van der Waals surface area contributed by atoms with Crippen molar-refractivity contribution in [2.24, 2.45) is 0 Å². The van der Waals surface area contributed by atoms with E-state index in [9.17, 15) is 17.6 Å². The van der Waals surface area contributed by atoms with Crippen LogP contribution in [-0.4, -0.2) is 49.4 Å². The van der Waals surface area contributed by atoms with Gasteiger partial charge in [0.2, 0.25) is 5.91 Å². The van der Waals surface area contributed by atoms with E-state index in [0.717, 1.165) is 16.8 Å². The fraction of sp³-hybridized carbons (Fsp3) is 0.381. The van der Waals surface area contributed by atoms with Crippen molar-refractivity contribution in [1.82, 2.24) is 4.90 Å². The minimum atomic E-state index is -3.28. The Morgan fingerprint density at radius 2 is 1.75 bits per heavy atom. The summed E-state index contributed by atoms with van der Waals surface area (Å²) in [7, 11) is -3.28.